The molecule has 0 radical (unpaired) electrons. The highest BCUT2D eigenvalue weighted by Crippen LogP contribution is 2.28. The Labute approximate surface area is 163 Å². The quantitative estimate of drug-likeness (QED) is 0.598. The van der Waals surface area contributed by atoms with Crippen molar-refractivity contribution in [1.82, 2.24) is 9.47 Å². The second kappa shape index (κ2) is 7.65. The molecule has 3 nitrogen and oxygen atoms in total. The molecule has 0 amide bonds. The molecule has 0 bridgehead atoms. The molecular formula is C22H22BrN3. The van der Waals surface area contributed by atoms with Gasteiger partial charge in [-0.25, -0.2) is 0 Å². The first-order chi connectivity index (χ1) is 12.7. The van der Waals surface area contributed by atoms with E-state index in [9.17, 15) is 5.26 Å². The van der Waals surface area contributed by atoms with Crippen LogP contribution >= 0.6 is 15.9 Å². The van der Waals surface area contributed by atoms with Gasteiger partial charge in [0.2, 0.25) is 0 Å². The highest BCUT2D eigenvalue weighted by atomic mass is 79.9. The van der Waals surface area contributed by atoms with Crippen LogP contribution in [0, 0.1) is 11.3 Å². The monoisotopic (exact) mass is 407 g/mol. The van der Waals surface area contributed by atoms with E-state index in [1.807, 2.05) is 12.1 Å². The normalized spacial score (nSPS) is 16.0. The molecule has 0 unspecified atom stereocenters. The summed E-state index contributed by atoms with van der Waals surface area (Å²) in [7, 11) is 0. The van der Waals surface area contributed by atoms with Crippen LogP contribution in [0.1, 0.15) is 30.0 Å². The number of rotatable bonds is 4. The molecule has 3 aromatic rings. The van der Waals surface area contributed by atoms with E-state index < -0.39 is 0 Å². The van der Waals surface area contributed by atoms with Crippen LogP contribution < -0.4 is 0 Å². The summed E-state index contributed by atoms with van der Waals surface area (Å²) in [6, 6.07) is 19.6. The number of hydrogen-bond donors (Lipinski definition) is 0. The highest BCUT2D eigenvalue weighted by molar-refractivity contribution is 9.10. The molecule has 0 aliphatic carbocycles. The van der Waals surface area contributed by atoms with E-state index in [4.69, 9.17) is 0 Å². The smallest absolute Gasteiger partial charge is 0.0992 e. The predicted molar refractivity (Wildman–Crippen MR) is 109 cm³/mol. The Balaban J connectivity index is 1.38. The van der Waals surface area contributed by atoms with Gasteiger partial charge in [-0.1, -0.05) is 34.1 Å². The molecule has 26 heavy (non-hydrogen) atoms. The van der Waals surface area contributed by atoms with Gasteiger partial charge in [0.05, 0.1) is 11.6 Å². The van der Waals surface area contributed by atoms with Crippen molar-refractivity contribution in [3.05, 3.63) is 70.3 Å². The van der Waals surface area contributed by atoms with Gasteiger partial charge in [-0.05, 0) is 60.5 Å². The molecule has 1 aromatic heterocycles. The number of fused-ring (bicyclic) bond motifs is 1. The number of nitriles is 1. The first kappa shape index (κ1) is 17.3. The minimum atomic E-state index is 0.533. The van der Waals surface area contributed by atoms with E-state index in [-0.39, 0.29) is 0 Å². The number of benzene rings is 2. The van der Waals surface area contributed by atoms with Crippen LogP contribution in [-0.2, 0) is 6.42 Å². The topological polar surface area (TPSA) is 32.0 Å². The van der Waals surface area contributed by atoms with Crippen LogP contribution in [0.15, 0.2) is 59.2 Å². The third-order valence-corrected chi connectivity index (χ3v) is 5.96. The lowest BCUT2D eigenvalue weighted by molar-refractivity contribution is 0.190. The van der Waals surface area contributed by atoms with E-state index in [0.717, 1.165) is 36.1 Å². The van der Waals surface area contributed by atoms with E-state index in [0.29, 0.717) is 6.04 Å². The second-order valence-electron chi connectivity index (χ2n) is 7.06. The molecule has 1 aliphatic heterocycles. The van der Waals surface area contributed by atoms with Crippen LogP contribution in [0.3, 0.4) is 0 Å². The fraction of sp³-hybridized carbons (Fsp3) is 0.318. The Morgan fingerprint density at radius 1 is 1.04 bits per heavy atom. The average molecular weight is 408 g/mol. The molecule has 4 rings (SSSR count). The number of aromatic nitrogens is 1. The predicted octanol–water partition coefficient (Wildman–Crippen LogP) is 5.16. The van der Waals surface area contributed by atoms with Crippen LogP contribution in [-0.4, -0.2) is 29.1 Å². The van der Waals surface area contributed by atoms with Gasteiger partial charge in [0.15, 0.2) is 0 Å². The van der Waals surface area contributed by atoms with Gasteiger partial charge in [-0.2, -0.15) is 5.26 Å². The van der Waals surface area contributed by atoms with Crippen molar-refractivity contribution in [2.45, 2.75) is 25.3 Å². The summed E-state index contributed by atoms with van der Waals surface area (Å²) in [5, 5.41) is 10.4. The summed E-state index contributed by atoms with van der Waals surface area (Å²) in [6.45, 7) is 3.40. The molecule has 2 aromatic carbocycles. The van der Waals surface area contributed by atoms with Crippen molar-refractivity contribution in [2.75, 3.05) is 19.6 Å². The van der Waals surface area contributed by atoms with Gasteiger partial charge in [0, 0.05) is 41.9 Å². The summed E-state index contributed by atoms with van der Waals surface area (Å²) >= 11 is 3.49. The Morgan fingerprint density at radius 3 is 2.54 bits per heavy atom. The lowest BCUT2D eigenvalue weighted by atomic mass is 10.0. The summed E-state index contributed by atoms with van der Waals surface area (Å²) in [4.78, 5) is 2.57. The maximum atomic E-state index is 9.17. The van der Waals surface area contributed by atoms with Crippen LogP contribution in [0.4, 0.5) is 0 Å². The zero-order chi connectivity index (χ0) is 17.9. The first-order valence-electron chi connectivity index (χ1n) is 9.20. The van der Waals surface area contributed by atoms with Crippen LogP contribution in [0.25, 0.3) is 10.9 Å². The summed E-state index contributed by atoms with van der Waals surface area (Å²) in [6.07, 6.45) is 5.63. The highest BCUT2D eigenvalue weighted by Gasteiger charge is 2.21. The minimum Gasteiger partial charge on any atom is -0.344 e. The van der Waals surface area contributed by atoms with Gasteiger partial charge in [-0.15, -0.1) is 0 Å². The third-order valence-electron chi connectivity index (χ3n) is 5.43. The van der Waals surface area contributed by atoms with Gasteiger partial charge in [-0.3, -0.25) is 0 Å². The largest absolute Gasteiger partial charge is 0.344 e. The van der Waals surface area contributed by atoms with Gasteiger partial charge in [0.25, 0.3) is 0 Å². The standard InChI is InChI=1S/C22H22BrN3/c23-20-5-2-17(3-6-20)7-11-25-12-9-21(10-13-25)26-14-8-19-4-1-18(16-24)15-22(19)26/h1-6,8,14-15,21H,7,9-13H2. The van der Waals surface area contributed by atoms with Crippen molar-refractivity contribution in [3.63, 3.8) is 0 Å². The van der Waals surface area contributed by atoms with Gasteiger partial charge < -0.3 is 9.47 Å². The molecule has 1 aliphatic rings. The maximum Gasteiger partial charge on any atom is 0.0992 e. The van der Waals surface area contributed by atoms with Gasteiger partial charge in [0.1, 0.15) is 0 Å². The molecule has 132 valence electrons. The van der Waals surface area contributed by atoms with Crippen molar-refractivity contribution < 1.29 is 0 Å². The van der Waals surface area contributed by atoms with Crippen molar-refractivity contribution in [2.24, 2.45) is 0 Å². The van der Waals surface area contributed by atoms with Gasteiger partial charge >= 0.3 is 0 Å². The fourth-order valence-electron chi connectivity index (χ4n) is 3.90. The SMILES string of the molecule is N#Cc1ccc2ccn(C3CCN(CCc4ccc(Br)cc4)CC3)c2c1. The van der Waals surface area contributed by atoms with E-state index in [1.54, 1.807) is 0 Å². The Hall–Kier alpha value is -2.09. The maximum absolute atomic E-state index is 9.17. The lowest BCUT2D eigenvalue weighted by Gasteiger charge is -2.33. The zero-order valence-corrected chi connectivity index (χ0v) is 16.3. The molecule has 2 heterocycles. The molecule has 0 atom stereocenters. The molecule has 4 heteroatoms. The number of piperidine rings is 1. The average Bonchev–Trinajstić information content (AvgIpc) is 3.11. The number of hydrogen-bond acceptors (Lipinski definition) is 2. The Morgan fingerprint density at radius 2 is 1.81 bits per heavy atom. The third kappa shape index (κ3) is 3.70. The lowest BCUT2D eigenvalue weighted by Crippen LogP contribution is -2.35. The Bertz CT molecular complexity index is 928. The first-order valence-corrected chi connectivity index (χ1v) is 10.00. The molecule has 1 fully saturated rings. The van der Waals surface area contributed by atoms with Crippen molar-refractivity contribution in [1.29, 1.82) is 5.26 Å². The molecule has 0 saturated carbocycles. The number of halogens is 1. The van der Waals surface area contributed by atoms with Crippen molar-refractivity contribution >= 4 is 26.8 Å². The fourth-order valence-corrected chi connectivity index (χ4v) is 4.16. The minimum absolute atomic E-state index is 0.533. The van der Waals surface area contributed by atoms with Crippen molar-refractivity contribution in [3.8, 4) is 6.07 Å². The van der Waals surface area contributed by atoms with E-state index >= 15 is 0 Å². The summed E-state index contributed by atoms with van der Waals surface area (Å²) in [5.74, 6) is 0. The second-order valence-corrected chi connectivity index (χ2v) is 7.97. The molecular weight excluding hydrogens is 386 g/mol. The molecule has 0 spiro atoms. The number of likely N-dealkylation sites (tertiary alicyclic amines) is 1. The van der Waals surface area contributed by atoms with E-state index in [2.05, 4.69) is 74.1 Å². The summed E-state index contributed by atoms with van der Waals surface area (Å²) in [5.41, 5.74) is 3.33. The number of nitrogens with zero attached hydrogens (tertiary/aromatic N) is 3. The zero-order valence-electron chi connectivity index (χ0n) is 14.7. The van der Waals surface area contributed by atoms with Crippen LogP contribution in [0.2, 0.25) is 0 Å². The van der Waals surface area contributed by atoms with E-state index in [1.165, 1.54) is 29.3 Å². The van der Waals surface area contributed by atoms with Crippen LogP contribution in [0.5, 0.6) is 0 Å². The Kier molecular flexibility index (Phi) is 5.10. The molecule has 0 N–H and O–H groups in total. The molecule has 1 saturated heterocycles. The summed E-state index contributed by atoms with van der Waals surface area (Å²) < 4.78 is 3.52.